The van der Waals surface area contributed by atoms with E-state index < -0.39 is 0 Å². The maximum atomic E-state index is 5.48. The van der Waals surface area contributed by atoms with E-state index in [2.05, 4.69) is 90.0 Å². The molecule has 0 N–H and O–H groups in total. The van der Waals surface area contributed by atoms with Crippen molar-refractivity contribution in [3.8, 4) is 0 Å². The first-order valence-electron chi connectivity index (χ1n) is 36.3. The summed E-state index contributed by atoms with van der Waals surface area (Å²) in [6.07, 6.45) is 53.4. The Kier molecular flexibility index (Phi) is 28.6. The Balaban J connectivity index is 0.000000168. The lowest BCUT2D eigenvalue weighted by Gasteiger charge is -2.55. The van der Waals surface area contributed by atoms with Gasteiger partial charge in [-0.1, -0.05) is 94.4 Å². The summed E-state index contributed by atoms with van der Waals surface area (Å²) in [5.41, 5.74) is 2.80. The average molecular weight is 1140 g/mol. The zero-order valence-corrected chi connectivity index (χ0v) is 58.7. The number of hydrogen-bond donors (Lipinski definition) is 0. The van der Waals surface area contributed by atoms with E-state index in [1.165, 1.54) is 96.3 Å². The molecule has 0 spiro atoms. The molecule has 0 aromatic heterocycles. The van der Waals surface area contributed by atoms with Crippen molar-refractivity contribution in [2.45, 2.75) is 364 Å². The van der Waals surface area contributed by atoms with Crippen molar-refractivity contribution in [3.63, 3.8) is 0 Å². The largest absolute Gasteiger partial charge is 0.379 e. The van der Waals surface area contributed by atoms with Gasteiger partial charge in [0.15, 0.2) is 0 Å². The lowest BCUT2D eigenvalue weighted by molar-refractivity contribution is -0.0411. The van der Waals surface area contributed by atoms with Crippen LogP contribution >= 0.6 is 0 Å². The zero-order valence-electron chi connectivity index (χ0n) is 58.7. The highest BCUT2D eigenvalue weighted by molar-refractivity contribution is 5.00. The van der Waals surface area contributed by atoms with Gasteiger partial charge < -0.3 is 18.9 Å². The maximum absolute atomic E-state index is 5.48. The van der Waals surface area contributed by atoms with Gasteiger partial charge in [-0.25, -0.2) is 0 Å². The van der Waals surface area contributed by atoms with E-state index in [-0.39, 0.29) is 22.4 Å². The highest BCUT2D eigenvalue weighted by atomic mass is 16.5. The van der Waals surface area contributed by atoms with Gasteiger partial charge in [-0.3, -0.25) is 0 Å². The third kappa shape index (κ3) is 22.7. The number of hydrogen-bond acceptors (Lipinski definition) is 4. The molecule has 0 amide bonds. The van der Waals surface area contributed by atoms with Gasteiger partial charge in [0, 0.05) is 28.4 Å². The quantitative estimate of drug-likeness (QED) is 0.243. The number of rotatable bonds is 8. The number of ether oxygens (including phenoxy) is 4. The van der Waals surface area contributed by atoms with E-state index in [1.54, 1.807) is 130 Å². The van der Waals surface area contributed by atoms with Crippen molar-refractivity contribution >= 4 is 0 Å². The van der Waals surface area contributed by atoms with Crippen LogP contribution in [0.4, 0.5) is 0 Å². The Morgan fingerprint density at radius 1 is 0.358 bits per heavy atom. The normalized spacial score (nSPS) is 38.9. The van der Waals surface area contributed by atoms with Gasteiger partial charge in [-0.05, 0) is 347 Å². The summed E-state index contributed by atoms with van der Waals surface area (Å²) in [6.45, 7) is 35.7. The van der Waals surface area contributed by atoms with Gasteiger partial charge in [0.2, 0.25) is 0 Å². The molecule has 17 saturated carbocycles. The van der Waals surface area contributed by atoms with E-state index in [4.69, 9.17) is 18.9 Å². The highest BCUT2D eigenvalue weighted by Gasteiger charge is 2.49. The Bertz CT molecular complexity index is 1580. The fourth-order valence-corrected chi connectivity index (χ4v) is 19.7. The Hall–Kier alpha value is -0.160. The van der Waals surface area contributed by atoms with E-state index in [1.807, 2.05) is 27.9 Å². The SMILES string of the molecule is CC12CC3CC(CC(C3)C1)C2.CC12CCC(CC1)C2.CC12CCC(CC1)CC2.CC1C2CC3CC(C2)CC1C3.CC1CC2CCC1CC2.CCC(C)(C)OC.CCC(CC)(CC)OC.COC(C)(C)C.COC(C)(C)C1CCCCC1. The van der Waals surface area contributed by atoms with Crippen molar-refractivity contribution in [1.82, 2.24) is 0 Å². The topological polar surface area (TPSA) is 36.9 Å². The first-order chi connectivity index (χ1) is 38.1. The van der Waals surface area contributed by atoms with Crippen LogP contribution in [0.5, 0.6) is 0 Å². The van der Waals surface area contributed by atoms with E-state index >= 15 is 0 Å². The molecule has 17 fully saturated rings. The van der Waals surface area contributed by atoms with E-state index in [0.717, 1.165) is 125 Å². The van der Waals surface area contributed by atoms with Crippen molar-refractivity contribution in [1.29, 1.82) is 0 Å². The summed E-state index contributed by atoms with van der Waals surface area (Å²) in [4.78, 5) is 0. The fraction of sp³-hybridized carbons (Fsp3) is 1.00. The molecular formula is C77H146O4. The first kappa shape index (κ1) is 71.6. The molecule has 4 nitrogen and oxygen atoms in total. The molecule has 0 heterocycles. The van der Waals surface area contributed by atoms with Crippen LogP contribution in [0, 0.1) is 99.1 Å². The summed E-state index contributed by atoms with van der Waals surface area (Å²) in [6, 6.07) is 0. The third-order valence-electron chi connectivity index (χ3n) is 26.5. The van der Waals surface area contributed by atoms with Crippen molar-refractivity contribution in [3.05, 3.63) is 0 Å². The van der Waals surface area contributed by atoms with Gasteiger partial charge in [-0.2, -0.15) is 0 Å². The fourth-order valence-electron chi connectivity index (χ4n) is 19.7. The highest BCUT2D eigenvalue weighted by Crippen LogP contribution is 2.60. The molecule has 1 atom stereocenters. The second-order valence-corrected chi connectivity index (χ2v) is 34.5. The molecule has 478 valence electrons. The van der Waals surface area contributed by atoms with Crippen LogP contribution in [0.15, 0.2) is 0 Å². The molecule has 17 aliphatic carbocycles. The van der Waals surface area contributed by atoms with Crippen molar-refractivity contribution in [2.75, 3.05) is 28.4 Å². The molecule has 0 saturated heterocycles. The summed E-state index contributed by atoms with van der Waals surface area (Å²) >= 11 is 0. The van der Waals surface area contributed by atoms with Crippen LogP contribution in [0.2, 0.25) is 0 Å². The van der Waals surface area contributed by atoms with Crippen molar-refractivity contribution < 1.29 is 18.9 Å². The van der Waals surface area contributed by atoms with Crippen LogP contribution in [-0.2, 0) is 18.9 Å². The zero-order chi connectivity index (χ0) is 59.9. The summed E-state index contributed by atoms with van der Waals surface area (Å²) < 4.78 is 20.9. The monoisotopic (exact) mass is 1140 g/mol. The molecule has 14 bridgehead atoms. The minimum atomic E-state index is 0.0417. The van der Waals surface area contributed by atoms with Gasteiger partial charge in [0.05, 0.1) is 22.4 Å². The maximum Gasteiger partial charge on any atom is 0.0671 e. The summed E-state index contributed by atoms with van der Waals surface area (Å²) in [7, 11) is 7.08. The lowest BCUT2D eigenvalue weighted by Crippen LogP contribution is -2.44. The second kappa shape index (κ2) is 32.4. The van der Waals surface area contributed by atoms with Gasteiger partial charge in [0.1, 0.15) is 0 Å². The van der Waals surface area contributed by atoms with Gasteiger partial charge >= 0.3 is 0 Å². The Morgan fingerprint density at radius 2 is 0.765 bits per heavy atom. The Morgan fingerprint density at radius 3 is 0.988 bits per heavy atom. The molecule has 0 radical (unpaired) electrons. The molecule has 0 aromatic carbocycles. The van der Waals surface area contributed by atoms with Crippen LogP contribution in [0.1, 0.15) is 342 Å². The molecule has 1 unspecified atom stereocenters. The van der Waals surface area contributed by atoms with Crippen LogP contribution in [0.3, 0.4) is 0 Å². The average Bonchev–Trinajstić information content (AvgIpc) is 4.06. The standard InChI is InChI=1S/2C11H18.C10H20O.2C9H16.C8H18O.C8H14.C6H14O.C5H12O/c1-11-5-8-2-9(6-11)4-10(3-8)7-11;1-7-10-3-8-2-9(5-10)6-11(7)4-8;1-10(2,11-3)9-7-5-4-6-8-9;1-9-5-2-8(3-6-9)4-7-9;1-7-6-8-2-4-9(7)5-3-8;1-5-8(6-2,7-3)9-4;1-8-4-2-7(6-8)3-5-8;1-5-6(2,3)7-4;1-5(2,3)6-4/h8-10H,2-7H2,1H3;7-11H,2-6H2,1H3;9H,4-8H2,1-3H3;8H,2-7H2,1H3;7-9H,2-6H2,1H3;5-7H2,1-4H3;7H,2-6H2,1H3;5H2,1-4H3;1-4H3. The Labute approximate surface area is 508 Å². The second-order valence-electron chi connectivity index (χ2n) is 34.5. The predicted molar refractivity (Wildman–Crippen MR) is 352 cm³/mol. The van der Waals surface area contributed by atoms with Crippen LogP contribution in [-0.4, -0.2) is 50.8 Å². The molecule has 0 aliphatic heterocycles. The molecule has 0 aromatic rings. The smallest absolute Gasteiger partial charge is 0.0671 e. The minimum Gasteiger partial charge on any atom is -0.379 e. The minimum absolute atomic E-state index is 0.0417. The summed E-state index contributed by atoms with van der Waals surface area (Å²) in [5.74, 6) is 15.5. The number of fused-ring (bicyclic) bond motifs is 8. The first-order valence-corrected chi connectivity index (χ1v) is 36.3. The van der Waals surface area contributed by atoms with E-state index in [0.29, 0.717) is 0 Å². The lowest BCUT2D eigenvalue weighted by atomic mass is 9.50. The third-order valence-corrected chi connectivity index (χ3v) is 26.5. The summed E-state index contributed by atoms with van der Waals surface area (Å²) in [5, 5.41) is 0. The molecular weight excluding hydrogens is 989 g/mol. The van der Waals surface area contributed by atoms with Crippen molar-refractivity contribution in [2.24, 2.45) is 99.1 Å². The predicted octanol–water partition coefficient (Wildman–Crippen LogP) is 23.5. The van der Waals surface area contributed by atoms with Crippen LogP contribution in [0.25, 0.3) is 0 Å². The van der Waals surface area contributed by atoms with Gasteiger partial charge in [0.25, 0.3) is 0 Å². The molecule has 4 heteroatoms. The van der Waals surface area contributed by atoms with Gasteiger partial charge in [-0.15, -0.1) is 0 Å². The van der Waals surface area contributed by atoms with Crippen LogP contribution < -0.4 is 0 Å². The molecule has 17 aliphatic rings. The molecule has 17 rings (SSSR count). The van der Waals surface area contributed by atoms with E-state index in [9.17, 15) is 0 Å². The number of methoxy groups -OCH3 is 4. The molecule has 81 heavy (non-hydrogen) atoms.